The number of rotatable bonds is 5. The van der Waals surface area contributed by atoms with Crippen molar-refractivity contribution in [2.24, 2.45) is 0 Å². The molecule has 0 unspecified atom stereocenters. The molecule has 0 aliphatic carbocycles. The number of aromatic amines is 1. The molecule has 7 nitrogen and oxygen atoms in total. The number of hydrogen-bond donors (Lipinski definition) is 1. The Balaban J connectivity index is 2.27. The number of H-pyrrole nitrogens is 1. The first-order valence-corrected chi connectivity index (χ1v) is 6.28. The first kappa shape index (κ1) is 13.3. The Morgan fingerprint density at radius 3 is 2.84 bits per heavy atom. The van der Waals surface area contributed by atoms with Gasteiger partial charge in [-0.05, 0) is 12.8 Å². The summed E-state index contributed by atoms with van der Waals surface area (Å²) >= 11 is 0. The van der Waals surface area contributed by atoms with E-state index in [0.29, 0.717) is 23.7 Å². The predicted molar refractivity (Wildman–Crippen MR) is 68.1 cm³/mol. The van der Waals surface area contributed by atoms with E-state index in [9.17, 15) is 9.59 Å². The Morgan fingerprint density at radius 2 is 2.16 bits per heavy atom. The molecule has 0 saturated carbocycles. The summed E-state index contributed by atoms with van der Waals surface area (Å²) in [7, 11) is 0. The van der Waals surface area contributed by atoms with Gasteiger partial charge in [-0.3, -0.25) is 14.3 Å². The average Bonchev–Trinajstić information content (AvgIpc) is 2.81. The molecule has 102 valence electrons. The Labute approximate surface area is 109 Å². The minimum absolute atomic E-state index is 0.166. The molecule has 0 spiro atoms. The molecule has 1 N–H and O–H groups in total. The van der Waals surface area contributed by atoms with E-state index < -0.39 is 5.69 Å². The van der Waals surface area contributed by atoms with E-state index in [0.717, 1.165) is 12.8 Å². The summed E-state index contributed by atoms with van der Waals surface area (Å²) in [5.74, 6) is 0.991. The average molecular weight is 264 g/mol. The number of nitrogens with zero attached hydrogens (tertiary/aromatic N) is 3. The molecule has 2 aromatic heterocycles. The molecule has 0 atom stereocenters. The molecule has 0 fully saturated rings. The van der Waals surface area contributed by atoms with E-state index in [1.807, 2.05) is 13.8 Å². The van der Waals surface area contributed by atoms with Crippen LogP contribution in [0.15, 0.2) is 20.3 Å². The molecule has 0 amide bonds. The van der Waals surface area contributed by atoms with Crippen molar-refractivity contribution in [1.82, 2.24) is 19.7 Å². The summed E-state index contributed by atoms with van der Waals surface area (Å²) in [5.41, 5.74) is -0.272. The molecule has 19 heavy (non-hydrogen) atoms. The fraction of sp³-hybridized carbons (Fsp3) is 0.500. The lowest BCUT2D eigenvalue weighted by atomic mass is 10.3. The quantitative estimate of drug-likeness (QED) is 0.847. The lowest BCUT2D eigenvalue weighted by Gasteiger charge is -2.03. The maximum absolute atomic E-state index is 11.7. The van der Waals surface area contributed by atoms with Crippen molar-refractivity contribution in [1.29, 1.82) is 0 Å². The summed E-state index contributed by atoms with van der Waals surface area (Å²) in [6, 6.07) is 0. The van der Waals surface area contributed by atoms with Gasteiger partial charge in [0.25, 0.3) is 5.56 Å². The van der Waals surface area contributed by atoms with Crippen LogP contribution in [-0.4, -0.2) is 19.7 Å². The summed E-state index contributed by atoms with van der Waals surface area (Å²) in [6.07, 6.45) is 3.76. The van der Waals surface area contributed by atoms with Gasteiger partial charge in [0, 0.05) is 18.2 Å². The van der Waals surface area contributed by atoms with E-state index >= 15 is 0 Å². The summed E-state index contributed by atoms with van der Waals surface area (Å²) in [5, 5.41) is 3.82. The first-order valence-electron chi connectivity index (χ1n) is 6.28. The Bertz CT molecular complexity index is 668. The van der Waals surface area contributed by atoms with Gasteiger partial charge in [0.15, 0.2) is 5.82 Å². The van der Waals surface area contributed by atoms with Crippen LogP contribution in [0.1, 0.15) is 37.5 Å². The molecule has 0 saturated heterocycles. The lowest BCUT2D eigenvalue weighted by Crippen LogP contribution is -2.31. The number of aromatic nitrogens is 4. The zero-order chi connectivity index (χ0) is 13.8. The Hall–Kier alpha value is -2.18. The van der Waals surface area contributed by atoms with Gasteiger partial charge >= 0.3 is 5.69 Å². The second-order valence-corrected chi connectivity index (χ2v) is 4.25. The smallest absolute Gasteiger partial charge is 0.328 e. The Morgan fingerprint density at radius 1 is 1.37 bits per heavy atom. The number of hydrogen-bond acceptors (Lipinski definition) is 5. The van der Waals surface area contributed by atoms with Crippen LogP contribution in [-0.2, 0) is 19.4 Å². The van der Waals surface area contributed by atoms with Crippen molar-refractivity contribution >= 4 is 0 Å². The maximum Gasteiger partial charge on any atom is 0.328 e. The monoisotopic (exact) mass is 264 g/mol. The Kier molecular flexibility index (Phi) is 3.94. The van der Waals surface area contributed by atoms with Gasteiger partial charge in [0.05, 0.1) is 0 Å². The molecule has 0 radical (unpaired) electrons. The van der Waals surface area contributed by atoms with Crippen molar-refractivity contribution in [2.45, 2.75) is 39.7 Å². The minimum Gasteiger partial charge on any atom is -0.337 e. The van der Waals surface area contributed by atoms with E-state index in [4.69, 9.17) is 4.52 Å². The van der Waals surface area contributed by atoms with Crippen molar-refractivity contribution in [3.63, 3.8) is 0 Å². The highest BCUT2D eigenvalue weighted by molar-refractivity contribution is 5.04. The standard InChI is InChI=1S/C12H16N4O3/c1-3-5-9-13-10(19-15-9)7-16-6-8(4-2)11(17)14-12(16)18/h6H,3-5,7H2,1-2H3,(H,14,17,18). The highest BCUT2D eigenvalue weighted by atomic mass is 16.5. The van der Waals surface area contributed by atoms with Crippen LogP contribution in [0, 0.1) is 0 Å². The zero-order valence-electron chi connectivity index (χ0n) is 11.0. The maximum atomic E-state index is 11.7. The highest BCUT2D eigenvalue weighted by Crippen LogP contribution is 2.01. The highest BCUT2D eigenvalue weighted by Gasteiger charge is 2.09. The fourth-order valence-electron chi connectivity index (χ4n) is 1.75. The van der Waals surface area contributed by atoms with Gasteiger partial charge in [0.2, 0.25) is 5.89 Å². The molecule has 7 heteroatoms. The molecule has 2 aromatic rings. The molecule has 0 aromatic carbocycles. The van der Waals surface area contributed by atoms with Crippen molar-refractivity contribution < 1.29 is 4.52 Å². The van der Waals surface area contributed by atoms with Gasteiger partial charge in [-0.1, -0.05) is 19.0 Å². The molecular weight excluding hydrogens is 248 g/mol. The largest absolute Gasteiger partial charge is 0.337 e. The van der Waals surface area contributed by atoms with Gasteiger partial charge in [0.1, 0.15) is 6.54 Å². The van der Waals surface area contributed by atoms with E-state index in [2.05, 4.69) is 15.1 Å². The molecule has 0 bridgehead atoms. The van der Waals surface area contributed by atoms with Crippen LogP contribution >= 0.6 is 0 Å². The van der Waals surface area contributed by atoms with Crippen molar-refractivity contribution in [2.75, 3.05) is 0 Å². The van der Waals surface area contributed by atoms with Crippen LogP contribution < -0.4 is 11.2 Å². The van der Waals surface area contributed by atoms with Crippen molar-refractivity contribution in [3.8, 4) is 0 Å². The van der Waals surface area contributed by atoms with Gasteiger partial charge < -0.3 is 4.52 Å². The number of nitrogens with one attached hydrogen (secondary N) is 1. The van der Waals surface area contributed by atoms with E-state index in [-0.39, 0.29) is 12.1 Å². The van der Waals surface area contributed by atoms with Crippen LogP contribution in [0.2, 0.25) is 0 Å². The van der Waals surface area contributed by atoms with Crippen LogP contribution in [0.4, 0.5) is 0 Å². The second-order valence-electron chi connectivity index (χ2n) is 4.25. The SMILES string of the molecule is CCCc1noc(Cn2cc(CC)c(=O)[nH]c2=O)n1. The summed E-state index contributed by atoms with van der Waals surface area (Å²) in [6.45, 7) is 4.04. The minimum atomic E-state index is -0.475. The number of aryl methyl sites for hydroxylation is 2. The molecule has 0 aliphatic rings. The van der Waals surface area contributed by atoms with E-state index in [1.54, 1.807) is 0 Å². The van der Waals surface area contributed by atoms with Crippen LogP contribution in [0.25, 0.3) is 0 Å². The van der Waals surface area contributed by atoms with Gasteiger partial charge in [-0.25, -0.2) is 4.79 Å². The lowest BCUT2D eigenvalue weighted by molar-refractivity contribution is 0.363. The first-order chi connectivity index (χ1) is 9.13. The molecular formula is C12H16N4O3. The topological polar surface area (TPSA) is 93.8 Å². The summed E-state index contributed by atoms with van der Waals surface area (Å²) < 4.78 is 6.43. The third-order valence-corrected chi connectivity index (χ3v) is 2.75. The predicted octanol–water partition coefficient (Wildman–Crippen LogP) is 0.483. The zero-order valence-corrected chi connectivity index (χ0v) is 11.0. The second kappa shape index (κ2) is 5.64. The molecule has 2 heterocycles. The van der Waals surface area contributed by atoms with Crippen LogP contribution in [0.5, 0.6) is 0 Å². The fourth-order valence-corrected chi connectivity index (χ4v) is 1.75. The third kappa shape index (κ3) is 2.98. The molecule has 2 rings (SSSR count). The normalized spacial score (nSPS) is 10.8. The van der Waals surface area contributed by atoms with Gasteiger partial charge in [-0.2, -0.15) is 4.98 Å². The van der Waals surface area contributed by atoms with Crippen LogP contribution in [0.3, 0.4) is 0 Å². The van der Waals surface area contributed by atoms with Gasteiger partial charge in [-0.15, -0.1) is 0 Å². The van der Waals surface area contributed by atoms with E-state index in [1.165, 1.54) is 10.8 Å². The third-order valence-electron chi connectivity index (χ3n) is 2.75. The summed E-state index contributed by atoms with van der Waals surface area (Å²) in [4.78, 5) is 29.6. The van der Waals surface area contributed by atoms with Crippen molar-refractivity contribution in [3.05, 3.63) is 44.3 Å². The molecule has 0 aliphatic heterocycles.